The van der Waals surface area contributed by atoms with E-state index >= 15 is 0 Å². The fourth-order valence-electron chi connectivity index (χ4n) is 0.573. The van der Waals surface area contributed by atoms with Crippen LogP contribution in [0.1, 0.15) is 19.8 Å². The fourth-order valence-corrected chi connectivity index (χ4v) is 0.573. The van der Waals surface area contributed by atoms with Crippen LogP contribution in [0.2, 0.25) is 0 Å². The number of nitriles is 1. The highest BCUT2D eigenvalue weighted by Gasteiger charge is 2.07. The number of nitrogens with zero attached hydrogens (tertiary/aromatic N) is 1. The molecule has 0 amide bonds. The molecule has 0 aromatic carbocycles. The summed E-state index contributed by atoms with van der Waals surface area (Å²) in [6.07, 6.45) is 1.17. The van der Waals surface area contributed by atoms with Crippen LogP contribution in [0.15, 0.2) is 0 Å². The van der Waals surface area contributed by atoms with Gasteiger partial charge in [0.15, 0.2) is 0 Å². The van der Waals surface area contributed by atoms with Gasteiger partial charge in [-0.15, -0.1) is 0 Å². The Morgan fingerprint density at radius 2 is 2.45 bits per heavy atom. The molecule has 0 bridgehead atoms. The van der Waals surface area contributed by atoms with Crippen molar-refractivity contribution in [3.8, 4) is 6.07 Å². The lowest BCUT2D eigenvalue weighted by Crippen LogP contribution is -2.34. The summed E-state index contributed by atoms with van der Waals surface area (Å²) < 4.78 is 0. The highest BCUT2D eigenvalue weighted by Crippen LogP contribution is 1.86. The van der Waals surface area contributed by atoms with Gasteiger partial charge in [0, 0.05) is 6.42 Å². The Bertz CT molecular complexity index is 162. The minimum absolute atomic E-state index is 0.472. The number of aliphatic carboxylic acids is 1. The Labute approximate surface area is 65.8 Å². The minimum Gasteiger partial charge on any atom is -0.480 e. The van der Waals surface area contributed by atoms with Crippen molar-refractivity contribution in [1.29, 1.82) is 5.26 Å². The highest BCUT2D eigenvalue weighted by atomic mass is 16.4. The van der Waals surface area contributed by atoms with Gasteiger partial charge in [0.2, 0.25) is 0 Å². The fraction of sp³-hybridized carbons (Fsp3) is 0.714. The normalized spacial score (nSPS) is 12.0. The number of carboxylic acids is 1. The summed E-state index contributed by atoms with van der Waals surface area (Å²) in [6.45, 7) is 2.16. The number of hydrogen-bond acceptors (Lipinski definition) is 3. The van der Waals surface area contributed by atoms with E-state index in [-0.39, 0.29) is 0 Å². The van der Waals surface area contributed by atoms with Gasteiger partial charge >= 0.3 is 5.97 Å². The van der Waals surface area contributed by atoms with Crippen LogP contribution in [0.3, 0.4) is 0 Å². The molecule has 62 valence electrons. The van der Waals surface area contributed by atoms with Crippen molar-refractivity contribution in [3.05, 3.63) is 0 Å². The molecule has 0 rings (SSSR count). The molecule has 0 aliphatic rings. The second-order valence-electron chi connectivity index (χ2n) is 2.28. The molecule has 0 saturated heterocycles. The summed E-state index contributed by atoms with van der Waals surface area (Å²) in [5, 5.41) is 19.3. The van der Waals surface area contributed by atoms with Crippen LogP contribution in [0, 0.1) is 11.3 Å². The van der Waals surface area contributed by atoms with E-state index in [0.717, 1.165) is 0 Å². The summed E-state index contributed by atoms with van der Waals surface area (Å²) in [6, 6.07) is 1.46. The molecule has 0 fully saturated rings. The molecule has 0 heterocycles. The molecular formula is C7H12N2O2. The van der Waals surface area contributed by atoms with Crippen LogP contribution in [0.25, 0.3) is 0 Å². The Morgan fingerprint density at radius 1 is 1.82 bits per heavy atom. The Morgan fingerprint density at radius 3 is 2.91 bits per heavy atom. The smallest absolute Gasteiger partial charge is 0.320 e. The second-order valence-corrected chi connectivity index (χ2v) is 2.28. The average Bonchev–Trinajstić information content (AvgIpc) is 1.97. The summed E-state index contributed by atoms with van der Waals surface area (Å²) in [4.78, 5) is 10.2. The third-order valence-corrected chi connectivity index (χ3v) is 1.29. The molecule has 4 heteroatoms. The van der Waals surface area contributed by atoms with E-state index in [4.69, 9.17) is 10.4 Å². The molecule has 11 heavy (non-hydrogen) atoms. The third-order valence-electron chi connectivity index (χ3n) is 1.29. The maximum absolute atomic E-state index is 10.2. The summed E-state index contributed by atoms with van der Waals surface area (Å²) >= 11 is 0. The van der Waals surface area contributed by atoms with Crippen LogP contribution in [0.5, 0.6) is 0 Å². The van der Waals surface area contributed by atoms with Crippen molar-refractivity contribution in [2.45, 2.75) is 25.8 Å². The number of rotatable bonds is 5. The standard InChI is InChI=1S/C7H12N2O2/c1-6(7(10)11)9-5-3-2-4-8/h6,9H,2-3,5H2,1H3,(H,10,11)/t6-/m1/s1. The second kappa shape index (κ2) is 5.69. The third kappa shape index (κ3) is 5.37. The SMILES string of the molecule is C[C@@H](NCCCC#N)C(=O)O. The molecule has 2 N–H and O–H groups in total. The zero-order chi connectivity index (χ0) is 8.69. The molecule has 0 aliphatic heterocycles. The van der Waals surface area contributed by atoms with E-state index in [1.54, 1.807) is 6.92 Å². The number of nitrogens with one attached hydrogen (secondary N) is 1. The first kappa shape index (κ1) is 9.92. The summed E-state index contributed by atoms with van der Waals surface area (Å²) in [7, 11) is 0. The van der Waals surface area contributed by atoms with Gasteiger partial charge in [-0.3, -0.25) is 4.79 Å². The predicted octanol–water partition coefficient (Wildman–Crippen LogP) is 0.353. The Kier molecular flexibility index (Phi) is 5.13. The molecule has 0 saturated carbocycles. The summed E-state index contributed by atoms with van der Waals surface area (Å²) in [5.74, 6) is -0.859. The summed E-state index contributed by atoms with van der Waals surface area (Å²) in [5.41, 5.74) is 0. The number of hydrogen-bond donors (Lipinski definition) is 2. The average molecular weight is 156 g/mol. The zero-order valence-corrected chi connectivity index (χ0v) is 6.50. The molecule has 0 aromatic rings. The van der Waals surface area contributed by atoms with E-state index in [0.29, 0.717) is 19.4 Å². The van der Waals surface area contributed by atoms with Crippen molar-refractivity contribution in [2.24, 2.45) is 0 Å². The Balaban J connectivity index is 3.26. The highest BCUT2D eigenvalue weighted by molar-refractivity contribution is 5.72. The lowest BCUT2D eigenvalue weighted by Gasteiger charge is -2.06. The van der Waals surface area contributed by atoms with Crippen LogP contribution in [-0.4, -0.2) is 23.7 Å². The lowest BCUT2D eigenvalue weighted by atomic mass is 10.3. The first-order valence-electron chi connectivity index (χ1n) is 3.51. The number of carboxylic acid groups (broad SMARTS) is 1. The van der Waals surface area contributed by atoms with E-state index in [9.17, 15) is 4.79 Å². The van der Waals surface area contributed by atoms with Crippen molar-refractivity contribution < 1.29 is 9.90 Å². The van der Waals surface area contributed by atoms with Gasteiger partial charge in [0.05, 0.1) is 6.07 Å². The van der Waals surface area contributed by atoms with Crippen LogP contribution in [0.4, 0.5) is 0 Å². The van der Waals surface area contributed by atoms with E-state index in [2.05, 4.69) is 5.32 Å². The first-order valence-corrected chi connectivity index (χ1v) is 3.51. The Hall–Kier alpha value is -1.08. The largest absolute Gasteiger partial charge is 0.480 e. The zero-order valence-electron chi connectivity index (χ0n) is 6.50. The van der Waals surface area contributed by atoms with Crippen LogP contribution >= 0.6 is 0 Å². The molecule has 0 radical (unpaired) electrons. The van der Waals surface area contributed by atoms with E-state index < -0.39 is 12.0 Å². The number of carbonyl (C=O) groups is 1. The van der Waals surface area contributed by atoms with Crippen molar-refractivity contribution in [1.82, 2.24) is 5.32 Å². The van der Waals surface area contributed by atoms with Gasteiger partial charge in [-0.2, -0.15) is 5.26 Å². The topological polar surface area (TPSA) is 73.1 Å². The van der Waals surface area contributed by atoms with E-state index in [1.165, 1.54) is 0 Å². The monoisotopic (exact) mass is 156 g/mol. The predicted molar refractivity (Wildman–Crippen MR) is 39.9 cm³/mol. The van der Waals surface area contributed by atoms with Gasteiger partial charge in [-0.25, -0.2) is 0 Å². The molecular weight excluding hydrogens is 144 g/mol. The molecule has 0 aliphatic carbocycles. The van der Waals surface area contributed by atoms with Gasteiger partial charge in [0.25, 0.3) is 0 Å². The quantitative estimate of drug-likeness (QED) is 0.563. The van der Waals surface area contributed by atoms with Crippen molar-refractivity contribution in [3.63, 3.8) is 0 Å². The van der Waals surface area contributed by atoms with E-state index in [1.807, 2.05) is 6.07 Å². The first-order chi connectivity index (χ1) is 5.18. The molecule has 1 atom stereocenters. The molecule has 0 aromatic heterocycles. The maximum Gasteiger partial charge on any atom is 0.320 e. The van der Waals surface area contributed by atoms with Gasteiger partial charge in [-0.1, -0.05) is 0 Å². The molecule has 0 unspecified atom stereocenters. The van der Waals surface area contributed by atoms with Crippen molar-refractivity contribution in [2.75, 3.05) is 6.54 Å². The van der Waals surface area contributed by atoms with Crippen LogP contribution in [-0.2, 0) is 4.79 Å². The maximum atomic E-state index is 10.2. The van der Waals surface area contributed by atoms with Gasteiger partial charge in [-0.05, 0) is 19.9 Å². The lowest BCUT2D eigenvalue weighted by molar-refractivity contribution is -0.138. The van der Waals surface area contributed by atoms with Gasteiger partial charge in [0.1, 0.15) is 6.04 Å². The van der Waals surface area contributed by atoms with Gasteiger partial charge < -0.3 is 10.4 Å². The minimum atomic E-state index is -0.859. The van der Waals surface area contributed by atoms with Crippen LogP contribution < -0.4 is 5.32 Å². The number of unbranched alkanes of at least 4 members (excludes halogenated alkanes) is 1. The molecule has 0 spiro atoms. The van der Waals surface area contributed by atoms with Crippen molar-refractivity contribution >= 4 is 5.97 Å². The molecule has 4 nitrogen and oxygen atoms in total.